The molecule has 3 nitrogen and oxygen atoms in total. The zero-order valence-corrected chi connectivity index (χ0v) is 13.4. The van der Waals surface area contributed by atoms with Crippen molar-refractivity contribution in [2.75, 3.05) is 13.2 Å². The van der Waals surface area contributed by atoms with Crippen LogP contribution >= 0.6 is 11.6 Å². The molecule has 1 N–H and O–H groups in total. The maximum atomic E-state index is 6.12. The second kappa shape index (κ2) is 6.99. The minimum absolute atomic E-state index is 0.219. The highest BCUT2D eigenvalue weighted by atomic mass is 35.5. The summed E-state index contributed by atoms with van der Waals surface area (Å²) in [7, 11) is 0. The van der Waals surface area contributed by atoms with Crippen LogP contribution in [0, 0.1) is 0 Å². The van der Waals surface area contributed by atoms with Crippen molar-refractivity contribution in [1.82, 2.24) is 5.32 Å². The molecular formula is C17H24ClNO2. The van der Waals surface area contributed by atoms with Crippen LogP contribution in [0.5, 0.6) is 5.75 Å². The summed E-state index contributed by atoms with van der Waals surface area (Å²) in [4.78, 5) is 0. The van der Waals surface area contributed by atoms with Gasteiger partial charge in [0, 0.05) is 17.6 Å². The second-order valence-corrected chi connectivity index (χ2v) is 6.46. The molecular weight excluding hydrogens is 286 g/mol. The summed E-state index contributed by atoms with van der Waals surface area (Å²) < 4.78 is 11.9. The molecule has 1 aliphatic carbocycles. The summed E-state index contributed by atoms with van der Waals surface area (Å²) in [6.45, 7) is 3.72. The van der Waals surface area contributed by atoms with E-state index >= 15 is 0 Å². The molecule has 0 radical (unpaired) electrons. The highest BCUT2D eigenvalue weighted by molar-refractivity contribution is 6.31. The van der Waals surface area contributed by atoms with Gasteiger partial charge in [-0.05, 0) is 55.9 Å². The van der Waals surface area contributed by atoms with Gasteiger partial charge < -0.3 is 14.8 Å². The van der Waals surface area contributed by atoms with Crippen molar-refractivity contribution in [3.8, 4) is 5.75 Å². The topological polar surface area (TPSA) is 30.5 Å². The molecule has 1 aliphatic heterocycles. The first kappa shape index (κ1) is 15.1. The lowest BCUT2D eigenvalue weighted by Gasteiger charge is -2.15. The molecule has 116 valence electrons. The quantitative estimate of drug-likeness (QED) is 0.835. The molecule has 0 spiro atoms. The van der Waals surface area contributed by atoms with Crippen molar-refractivity contribution in [1.29, 1.82) is 0 Å². The molecule has 0 aromatic heterocycles. The Labute approximate surface area is 132 Å². The molecule has 1 aromatic rings. The Hall–Kier alpha value is -0.770. The molecule has 2 atom stereocenters. The summed E-state index contributed by atoms with van der Waals surface area (Å²) >= 11 is 6.12. The summed E-state index contributed by atoms with van der Waals surface area (Å²) in [5.41, 5.74) is 1.13. The molecule has 1 saturated heterocycles. The normalized spacial score (nSPS) is 25.2. The zero-order valence-electron chi connectivity index (χ0n) is 12.6. The van der Waals surface area contributed by atoms with Crippen LogP contribution in [-0.4, -0.2) is 31.4 Å². The number of nitrogens with one attached hydrogen (secondary N) is 1. The van der Waals surface area contributed by atoms with E-state index in [1.165, 1.54) is 12.8 Å². The predicted octanol–water partition coefficient (Wildman–Crippen LogP) is 3.58. The smallest absolute Gasteiger partial charge is 0.119 e. The van der Waals surface area contributed by atoms with E-state index in [1.54, 1.807) is 0 Å². The van der Waals surface area contributed by atoms with Crippen LogP contribution < -0.4 is 10.1 Å². The van der Waals surface area contributed by atoms with Crippen molar-refractivity contribution in [2.45, 2.75) is 57.3 Å². The van der Waals surface area contributed by atoms with Crippen LogP contribution in [0.2, 0.25) is 5.02 Å². The van der Waals surface area contributed by atoms with Gasteiger partial charge in [-0.25, -0.2) is 0 Å². The molecule has 4 heteroatoms. The molecule has 3 rings (SSSR count). The number of aryl methyl sites for hydroxylation is 1. The average molecular weight is 310 g/mol. The minimum Gasteiger partial charge on any atom is -0.491 e. The highest BCUT2D eigenvalue weighted by Gasteiger charge is 2.28. The van der Waals surface area contributed by atoms with Gasteiger partial charge in [0.15, 0.2) is 0 Å². The van der Waals surface area contributed by atoms with Gasteiger partial charge in [0.1, 0.15) is 12.4 Å². The maximum absolute atomic E-state index is 6.12. The molecule has 21 heavy (non-hydrogen) atoms. The molecule has 2 fully saturated rings. The SMILES string of the molecule is CCc1cc(OCC2CCC(CNC3CC3)O2)ccc1Cl. The van der Waals surface area contributed by atoms with Crippen molar-refractivity contribution >= 4 is 11.6 Å². The van der Waals surface area contributed by atoms with Gasteiger partial charge in [0.05, 0.1) is 12.2 Å². The third kappa shape index (κ3) is 4.35. The summed E-state index contributed by atoms with van der Waals surface area (Å²) in [5, 5.41) is 4.35. The van der Waals surface area contributed by atoms with Gasteiger partial charge in [0.25, 0.3) is 0 Å². The minimum atomic E-state index is 0.219. The summed E-state index contributed by atoms with van der Waals surface area (Å²) in [6.07, 6.45) is 6.38. The molecule has 2 aliphatic rings. The van der Waals surface area contributed by atoms with Crippen LogP contribution in [0.25, 0.3) is 0 Å². The molecule has 1 aromatic carbocycles. The Morgan fingerprint density at radius 2 is 2.05 bits per heavy atom. The van der Waals surface area contributed by atoms with E-state index in [1.807, 2.05) is 18.2 Å². The van der Waals surface area contributed by atoms with Crippen LogP contribution in [0.1, 0.15) is 38.2 Å². The van der Waals surface area contributed by atoms with E-state index in [0.717, 1.165) is 48.2 Å². The van der Waals surface area contributed by atoms with Crippen molar-refractivity contribution < 1.29 is 9.47 Å². The Bertz CT molecular complexity index is 476. The summed E-state index contributed by atoms with van der Waals surface area (Å²) in [6, 6.07) is 6.63. The predicted molar refractivity (Wildman–Crippen MR) is 85.2 cm³/mol. The van der Waals surface area contributed by atoms with E-state index in [0.29, 0.717) is 12.7 Å². The van der Waals surface area contributed by atoms with Crippen LogP contribution in [0.3, 0.4) is 0 Å². The van der Waals surface area contributed by atoms with Gasteiger partial charge in [-0.3, -0.25) is 0 Å². The van der Waals surface area contributed by atoms with E-state index in [4.69, 9.17) is 21.1 Å². The highest BCUT2D eigenvalue weighted by Crippen LogP contribution is 2.25. The molecule has 0 amide bonds. The Morgan fingerprint density at radius 3 is 2.81 bits per heavy atom. The molecule has 1 saturated carbocycles. The Morgan fingerprint density at radius 1 is 1.24 bits per heavy atom. The third-order valence-electron chi connectivity index (χ3n) is 4.24. The van der Waals surface area contributed by atoms with Gasteiger partial charge >= 0.3 is 0 Å². The number of benzene rings is 1. The third-order valence-corrected chi connectivity index (χ3v) is 4.61. The van der Waals surface area contributed by atoms with Crippen molar-refractivity contribution in [3.05, 3.63) is 28.8 Å². The number of hydrogen-bond donors (Lipinski definition) is 1. The zero-order chi connectivity index (χ0) is 14.7. The standard InChI is InChI=1S/C17H24ClNO2/c1-2-12-9-14(7-8-17(12)18)20-11-16-6-5-15(21-16)10-19-13-3-4-13/h7-9,13,15-16,19H,2-6,10-11H2,1H3. The van der Waals surface area contributed by atoms with E-state index in [-0.39, 0.29) is 6.10 Å². The fourth-order valence-electron chi connectivity index (χ4n) is 2.74. The largest absolute Gasteiger partial charge is 0.491 e. The molecule has 0 bridgehead atoms. The lowest BCUT2D eigenvalue weighted by Crippen LogP contribution is -2.29. The second-order valence-electron chi connectivity index (χ2n) is 6.06. The van der Waals surface area contributed by atoms with E-state index < -0.39 is 0 Å². The Kier molecular flexibility index (Phi) is 5.04. The van der Waals surface area contributed by atoms with E-state index in [9.17, 15) is 0 Å². The monoisotopic (exact) mass is 309 g/mol. The van der Waals surface area contributed by atoms with Crippen molar-refractivity contribution in [2.24, 2.45) is 0 Å². The fourth-order valence-corrected chi connectivity index (χ4v) is 2.99. The van der Waals surface area contributed by atoms with Crippen molar-refractivity contribution in [3.63, 3.8) is 0 Å². The maximum Gasteiger partial charge on any atom is 0.119 e. The molecule has 2 unspecified atom stereocenters. The average Bonchev–Trinajstić information content (AvgIpc) is 3.22. The summed E-state index contributed by atoms with van der Waals surface area (Å²) in [5.74, 6) is 0.888. The van der Waals surface area contributed by atoms with Gasteiger partial charge in [-0.1, -0.05) is 18.5 Å². The van der Waals surface area contributed by atoms with Crippen LogP contribution in [-0.2, 0) is 11.2 Å². The van der Waals surface area contributed by atoms with E-state index in [2.05, 4.69) is 12.2 Å². The number of hydrogen-bond acceptors (Lipinski definition) is 3. The molecule has 1 heterocycles. The first-order chi connectivity index (χ1) is 10.2. The van der Waals surface area contributed by atoms with Crippen LogP contribution in [0.15, 0.2) is 18.2 Å². The lowest BCUT2D eigenvalue weighted by atomic mass is 10.1. The Balaban J connectivity index is 1.42. The first-order valence-electron chi connectivity index (χ1n) is 8.04. The fraction of sp³-hybridized carbons (Fsp3) is 0.647. The van der Waals surface area contributed by atoms with Gasteiger partial charge in [-0.2, -0.15) is 0 Å². The number of rotatable bonds is 7. The lowest BCUT2D eigenvalue weighted by molar-refractivity contribution is 0.0184. The first-order valence-corrected chi connectivity index (χ1v) is 8.42. The van der Waals surface area contributed by atoms with Gasteiger partial charge in [-0.15, -0.1) is 0 Å². The van der Waals surface area contributed by atoms with Crippen LogP contribution in [0.4, 0.5) is 0 Å². The number of halogens is 1. The number of ether oxygens (including phenoxy) is 2. The van der Waals surface area contributed by atoms with Gasteiger partial charge in [0.2, 0.25) is 0 Å².